The van der Waals surface area contributed by atoms with Gasteiger partial charge in [0.1, 0.15) is 0 Å². The van der Waals surface area contributed by atoms with Gasteiger partial charge in [-0.1, -0.05) is 67.1 Å². The zero-order valence-electron chi connectivity index (χ0n) is 16.7. The molecule has 0 aliphatic heterocycles. The van der Waals surface area contributed by atoms with Gasteiger partial charge >= 0.3 is 11.9 Å². The fourth-order valence-electron chi connectivity index (χ4n) is 3.72. The molecule has 154 valence electrons. The highest BCUT2D eigenvalue weighted by Crippen LogP contribution is 2.35. The molecule has 1 aliphatic carbocycles. The molecule has 1 saturated carbocycles. The summed E-state index contributed by atoms with van der Waals surface area (Å²) in [4.78, 5) is 21.0. The highest BCUT2D eigenvalue weighted by atomic mass is 16.4. The Bertz CT molecular complexity index is 768. The monoisotopic (exact) mass is 394 g/mol. The van der Waals surface area contributed by atoms with E-state index in [-0.39, 0.29) is 0 Å². The highest BCUT2D eigenvalue weighted by molar-refractivity contribution is 5.87. The quantitative estimate of drug-likeness (QED) is 0.435. The Morgan fingerprint density at radius 2 is 1.59 bits per heavy atom. The fourth-order valence-corrected chi connectivity index (χ4v) is 3.72. The number of carboxylic acids is 2. The number of hydrogen-bond donors (Lipinski definition) is 2. The van der Waals surface area contributed by atoms with Crippen LogP contribution in [-0.4, -0.2) is 22.2 Å². The largest absolute Gasteiger partial charge is 0.481 e. The second-order valence-corrected chi connectivity index (χ2v) is 7.43. The van der Waals surface area contributed by atoms with Gasteiger partial charge in [0.05, 0.1) is 5.56 Å². The van der Waals surface area contributed by atoms with Crippen LogP contribution in [0.15, 0.2) is 72.8 Å². The van der Waals surface area contributed by atoms with Gasteiger partial charge in [-0.05, 0) is 61.6 Å². The molecule has 0 heterocycles. The Balaban J connectivity index is 0.000000278. The van der Waals surface area contributed by atoms with Gasteiger partial charge in [0, 0.05) is 6.42 Å². The average Bonchev–Trinajstić information content (AvgIpc) is 3.16. The normalized spacial score (nSPS) is 18.2. The number of unbranched alkanes of at least 4 members (excludes halogenated alkanes) is 1. The van der Waals surface area contributed by atoms with Crippen molar-refractivity contribution in [3.05, 3.63) is 83.9 Å². The molecule has 2 aromatic carbocycles. The molecule has 29 heavy (non-hydrogen) atoms. The van der Waals surface area contributed by atoms with Crippen LogP contribution in [0.3, 0.4) is 0 Å². The summed E-state index contributed by atoms with van der Waals surface area (Å²) in [7, 11) is 0. The second kappa shape index (κ2) is 12.6. The van der Waals surface area contributed by atoms with Crippen molar-refractivity contribution >= 4 is 11.9 Å². The molecule has 0 amide bonds. The summed E-state index contributed by atoms with van der Waals surface area (Å²) in [6, 6.07) is 18.9. The molecule has 0 bridgehead atoms. The lowest BCUT2D eigenvalue weighted by Gasteiger charge is -2.13. The number of allylic oxidation sites excluding steroid dienone is 2. The Morgan fingerprint density at radius 3 is 2.17 bits per heavy atom. The summed E-state index contributed by atoms with van der Waals surface area (Å²) in [5.41, 5.74) is 1.73. The van der Waals surface area contributed by atoms with Crippen molar-refractivity contribution in [2.24, 2.45) is 11.8 Å². The van der Waals surface area contributed by atoms with Gasteiger partial charge in [-0.15, -0.1) is 0 Å². The van der Waals surface area contributed by atoms with Crippen LogP contribution >= 0.6 is 0 Å². The summed E-state index contributed by atoms with van der Waals surface area (Å²) < 4.78 is 0. The van der Waals surface area contributed by atoms with Crippen molar-refractivity contribution in [2.75, 3.05) is 0 Å². The zero-order valence-corrected chi connectivity index (χ0v) is 16.7. The molecule has 1 aliphatic rings. The predicted octanol–water partition coefficient (Wildman–Crippen LogP) is 5.84. The van der Waals surface area contributed by atoms with E-state index in [2.05, 4.69) is 36.4 Å². The molecule has 0 spiro atoms. The molecule has 2 aromatic rings. The topological polar surface area (TPSA) is 74.6 Å². The van der Waals surface area contributed by atoms with Crippen LogP contribution < -0.4 is 0 Å². The van der Waals surface area contributed by atoms with Crippen LogP contribution in [0.5, 0.6) is 0 Å². The van der Waals surface area contributed by atoms with Gasteiger partial charge < -0.3 is 10.2 Å². The minimum atomic E-state index is -0.879. The van der Waals surface area contributed by atoms with E-state index < -0.39 is 11.9 Å². The molecular weight excluding hydrogens is 364 g/mol. The summed E-state index contributed by atoms with van der Waals surface area (Å²) in [5, 5.41) is 17.3. The first-order chi connectivity index (χ1) is 14.1. The van der Waals surface area contributed by atoms with Gasteiger partial charge in [-0.25, -0.2) is 4.79 Å². The van der Waals surface area contributed by atoms with Gasteiger partial charge in [-0.2, -0.15) is 0 Å². The van der Waals surface area contributed by atoms with E-state index >= 15 is 0 Å². The van der Waals surface area contributed by atoms with Gasteiger partial charge in [-0.3, -0.25) is 4.79 Å². The van der Waals surface area contributed by atoms with Crippen LogP contribution in [0.1, 0.15) is 54.4 Å². The minimum Gasteiger partial charge on any atom is -0.481 e. The Labute approximate surface area is 172 Å². The minimum absolute atomic E-state index is 0.331. The van der Waals surface area contributed by atoms with E-state index in [9.17, 15) is 9.59 Å². The highest BCUT2D eigenvalue weighted by Gasteiger charge is 2.26. The summed E-state index contributed by atoms with van der Waals surface area (Å²) in [5.74, 6) is -0.685. The third-order valence-electron chi connectivity index (χ3n) is 5.24. The molecule has 4 heteroatoms. The average molecular weight is 395 g/mol. The number of aryl methyl sites for hydroxylation is 1. The Kier molecular flexibility index (Phi) is 9.70. The summed E-state index contributed by atoms with van der Waals surface area (Å²) in [6.45, 7) is 0. The van der Waals surface area contributed by atoms with E-state index in [0.29, 0.717) is 23.8 Å². The van der Waals surface area contributed by atoms with Crippen molar-refractivity contribution in [1.29, 1.82) is 0 Å². The van der Waals surface area contributed by atoms with Crippen molar-refractivity contribution in [3.8, 4) is 0 Å². The lowest BCUT2D eigenvalue weighted by Crippen LogP contribution is -2.10. The number of hydrogen-bond acceptors (Lipinski definition) is 2. The van der Waals surface area contributed by atoms with Crippen LogP contribution in [-0.2, 0) is 11.2 Å². The fraction of sp³-hybridized carbons (Fsp3) is 0.360. The maximum atomic E-state index is 10.8. The first-order valence-electron chi connectivity index (χ1n) is 10.3. The molecule has 3 rings (SSSR count). The van der Waals surface area contributed by atoms with Crippen molar-refractivity contribution in [3.63, 3.8) is 0 Å². The number of carbonyl (C=O) groups is 2. The standard InChI is InChI=1S/C18H24O2.C7H6O2/c19-18(20)14-17-13-7-12-16(17)11-6-2-5-10-15-8-3-1-4-9-15;8-7(9)6-4-2-1-3-5-6/h1,3-4,6,8-9,11,16-17H,2,5,7,10,12-14H2,(H,19,20);1-5H,(H,8,9)/b11-6+;/t16?,17-;/m1./s1. The van der Waals surface area contributed by atoms with Gasteiger partial charge in [0.2, 0.25) is 0 Å². The van der Waals surface area contributed by atoms with Crippen LogP contribution in [0.2, 0.25) is 0 Å². The molecule has 0 aromatic heterocycles. The number of carboxylic acid groups (broad SMARTS) is 2. The van der Waals surface area contributed by atoms with Crippen molar-refractivity contribution < 1.29 is 19.8 Å². The molecule has 4 nitrogen and oxygen atoms in total. The SMILES string of the molecule is O=C(O)C[C@H]1CCCC1/C=C/CCCc1ccccc1.O=C(O)c1ccccc1. The maximum absolute atomic E-state index is 10.8. The van der Waals surface area contributed by atoms with E-state index in [1.54, 1.807) is 30.3 Å². The van der Waals surface area contributed by atoms with E-state index in [0.717, 1.165) is 32.1 Å². The second-order valence-electron chi connectivity index (χ2n) is 7.43. The lowest BCUT2D eigenvalue weighted by atomic mass is 9.92. The van der Waals surface area contributed by atoms with Crippen LogP contribution in [0, 0.1) is 11.8 Å². The lowest BCUT2D eigenvalue weighted by molar-refractivity contribution is -0.138. The first kappa shape index (κ1) is 22.4. The number of aliphatic carboxylic acids is 1. The van der Waals surface area contributed by atoms with Gasteiger partial charge in [0.25, 0.3) is 0 Å². The molecule has 0 radical (unpaired) electrons. The van der Waals surface area contributed by atoms with Crippen molar-refractivity contribution in [2.45, 2.75) is 44.9 Å². The first-order valence-corrected chi connectivity index (χ1v) is 10.3. The summed E-state index contributed by atoms with van der Waals surface area (Å²) >= 11 is 0. The Morgan fingerprint density at radius 1 is 0.931 bits per heavy atom. The number of rotatable bonds is 8. The molecule has 0 saturated heterocycles. The molecule has 1 fully saturated rings. The van der Waals surface area contributed by atoms with Crippen LogP contribution in [0.25, 0.3) is 0 Å². The third-order valence-corrected chi connectivity index (χ3v) is 5.24. The molecular formula is C25H30O4. The smallest absolute Gasteiger partial charge is 0.335 e. The predicted molar refractivity (Wildman–Crippen MR) is 115 cm³/mol. The number of benzene rings is 2. The van der Waals surface area contributed by atoms with Crippen molar-refractivity contribution in [1.82, 2.24) is 0 Å². The van der Waals surface area contributed by atoms with E-state index in [1.165, 1.54) is 12.0 Å². The maximum Gasteiger partial charge on any atom is 0.335 e. The van der Waals surface area contributed by atoms with Gasteiger partial charge in [0.15, 0.2) is 0 Å². The zero-order chi connectivity index (χ0) is 20.9. The van der Waals surface area contributed by atoms with E-state index in [4.69, 9.17) is 10.2 Å². The Hall–Kier alpha value is -2.88. The third kappa shape index (κ3) is 8.77. The molecule has 1 unspecified atom stereocenters. The molecule has 2 N–H and O–H groups in total. The summed E-state index contributed by atoms with van der Waals surface area (Å²) in [6.07, 6.45) is 11.6. The molecule has 2 atom stereocenters. The van der Waals surface area contributed by atoms with E-state index in [1.807, 2.05) is 6.07 Å². The van der Waals surface area contributed by atoms with Crippen LogP contribution in [0.4, 0.5) is 0 Å². The number of aromatic carboxylic acids is 1.